The lowest BCUT2D eigenvalue weighted by atomic mass is 9.76. The minimum Gasteiger partial charge on any atom is -0.508 e. The summed E-state index contributed by atoms with van der Waals surface area (Å²) in [5.41, 5.74) is 7.38. The summed E-state index contributed by atoms with van der Waals surface area (Å²) in [5, 5.41) is 96.0. The molecule has 0 fully saturated rings. The molecule has 0 saturated heterocycles. The maximum atomic E-state index is 11.5. The van der Waals surface area contributed by atoms with Gasteiger partial charge >= 0.3 is 0 Å². The van der Waals surface area contributed by atoms with Crippen molar-refractivity contribution in [1.82, 2.24) is 0 Å². The number of phenols is 9. The predicted octanol–water partition coefficient (Wildman–Crippen LogP) is 11.0. The summed E-state index contributed by atoms with van der Waals surface area (Å²) >= 11 is 0. The molecular weight excluding hydrogens is 865 g/mol. The molecule has 6 atom stereocenters. The normalized spacial score (nSPS) is 20.0. The Bertz CT molecular complexity index is 3250. The van der Waals surface area contributed by atoms with Gasteiger partial charge in [-0.15, -0.1) is 0 Å². The zero-order valence-corrected chi connectivity index (χ0v) is 35.8. The third kappa shape index (κ3) is 7.47. The Morgan fingerprint density at radius 1 is 0.294 bits per heavy atom. The Balaban J connectivity index is 1.05. The van der Waals surface area contributed by atoms with Crippen LogP contribution in [0.5, 0.6) is 69.0 Å². The zero-order valence-electron chi connectivity index (χ0n) is 35.8. The molecule has 12 heteroatoms. The van der Waals surface area contributed by atoms with E-state index in [1.807, 2.05) is 30.4 Å². The second-order valence-corrected chi connectivity index (χ2v) is 17.4. The fraction of sp³-hybridized carbons (Fsp3) is 0.107. The molecule has 8 aromatic carbocycles. The number of fused-ring (bicyclic) bond motifs is 3. The van der Waals surface area contributed by atoms with Crippen LogP contribution in [0.1, 0.15) is 97.3 Å². The van der Waals surface area contributed by atoms with Gasteiger partial charge < -0.3 is 60.2 Å². The van der Waals surface area contributed by atoms with Crippen LogP contribution in [-0.4, -0.2) is 46.0 Å². The van der Waals surface area contributed by atoms with E-state index in [1.165, 1.54) is 24.3 Å². The van der Waals surface area contributed by atoms with Crippen LogP contribution in [0.25, 0.3) is 12.2 Å². The second-order valence-electron chi connectivity index (χ2n) is 17.4. The molecule has 3 aliphatic rings. The van der Waals surface area contributed by atoms with E-state index in [4.69, 9.17) is 14.2 Å². The van der Waals surface area contributed by atoms with Crippen molar-refractivity contribution >= 4 is 12.2 Å². The summed E-state index contributed by atoms with van der Waals surface area (Å²) in [7, 11) is 0. The molecular formula is C56H42O12. The first-order valence-corrected chi connectivity index (χ1v) is 21.8. The molecule has 0 bridgehead atoms. The van der Waals surface area contributed by atoms with E-state index >= 15 is 0 Å². The molecule has 12 nitrogen and oxygen atoms in total. The molecule has 0 spiro atoms. The van der Waals surface area contributed by atoms with Gasteiger partial charge in [0.05, 0.1) is 17.8 Å². The Morgan fingerprint density at radius 2 is 0.706 bits per heavy atom. The fourth-order valence-electron chi connectivity index (χ4n) is 10.2. The van der Waals surface area contributed by atoms with Crippen molar-refractivity contribution in [3.05, 3.63) is 213 Å². The van der Waals surface area contributed by atoms with E-state index in [-0.39, 0.29) is 51.7 Å². The molecule has 9 N–H and O–H groups in total. The number of hydrogen-bond donors (Lipinski definition) is 9. The average molecular weight is 907 g/mol. The average Bonchev–Trinajstić information content (AvgIpc) is 4.00. The van der Waals surface area contributed by atoms with Crippen LogP contribution in [0.2, 0.25) is 0 Å². The first kappa shape index (κ1) is 41.8. The quantitative estimate of drug-likeness (QED) is 0.0652. The maximum absolute atomic E-state index is 11.5. The molecule has 338 valence electrons. The SMILES string of the molecule is Oc1ccc([C@H]2Oc3ccc(/C=C/c4cc(O)cc5c4[C@@H](c4cc(O)cc(O)c4)[C@H](c4ccc(O)cc4)O5)cc3[C@@H]2c2cc(O)cc3c2[C@H](c2cc(O)cc(O)c2)[C@@H](c2ccc(O)cc2)O3)cc1. The van der Waals surface area contributed by atoms with Crippen molar-refractivity contribution < 1.29 is 60.2 Å². The van der Waals surface area contributed by atoms with Crippen molar-refractivity contribution in [1.29, 1.82) is 0 Å². The van der Waals surface area contributed by atoms with Crippen LogP contribution in [0, 0.1) is 0 Å². The van der Waals surface area contributed by atoms with Crippen LogP contribution in [0.15, 0.2) is 152 Å². The largest absolute Gasteiger partial charge is 0.508 e. The predicted molar refractivity (Wildman–Crippen MR) is 251 cm³/mol. The number of aromatic hydroxyl groups is 9. The lowest BCUT2D eigenvalue weighted by Crippen LogP contribution is -2.16. The third-order valence-electron chi connectivity index (χ3n) is 13.0. The number of phenolic OH excluding ortho intramolecular Hbond substituents is 9. The van der Waals surface area contributed by atoms with E-state index in [0.717, 1.165) is 22.3 Å². The summed E-state index contributed by atoms with van der Waals surface area (Å²) in [6.45, 7) is 0. The number of rotatable bonds is 8. The van der Waals surface area contributed by atoms with Crippen molar-refractivity contribution in [2.24, 2.45) is 0 Å². The molecule has 8 aromatic rings. The van der Waals surface area contributed by atoms with E-state index in [2.05, 4.69) is 0 Å². The van der Waals surface area contributed by atoms with Crippen molar-refractivity contribution in [2.45, 2.75) is 36.1 Å². The monoisotopic (exact) mass is 906 g/mol. The van der Waals surface area contributed by atoms with Crippen LogP contribution in [-0.2, 0) is 0 Å². The maximum Gasteiger partial charge on any atom is 0.135 e. The molecule has 0 amide bonds. The van der Waals surface area contributed by atoms with E-state index in [1.54, 1.807) is 109 Å². The highest BCUT2D eigenvalue weighted by Gasteiger charge is 2.46. The van der Waals surface area contributed by atoms with Gasteiger partial charge in [-0.25, -0.2) is 0 Å². The van der Waals surface area contributed by atoms with Gasteiger partial charge in [0, 0.05) is 41.0 Å². The van der Waals surface area contributed by atoms with Crippen LogP contribution < -0.4 is 14.2 Å². The smallest absolute Gasteiger partial charge is 0.135 e. The highest BCUT2D eigenvalue weighted by Crippen LogP contribution is 2.59. The van der Waals surface area contributed by atoms with Gasteiger partial charge in [-0.2, -0.15) is 0 Å². The van der Waals surface area contributed by atoms with Crippen molar-refractivity contribution in [2.75, 3.05) is 0 Å². The summed E-state index contributed by atoms with van der Waals surface area (Å²) in [4.78, 5) is 0. The second kappa shape index (κ2) is 16.2. The zero-order chi connectivity index (χ0) is 47.0. The molecule has 0 aromatic heterocycles. The summed E-state index contributed by atoms with van der Waals surface area (Å²) in [5.74, 6) is -0.981. The van der Waals surface area contributed by atoms with Crippen LogP contribution >= 0.6 is 0 Å². The first-order chi connectivity index (χ1) is 32.8. The first-order valence-electron chi connectivity index (χ1n) is 21.8. The summed E-state index contributed by atoms with van der Waals surface area (Å²) in [6, 6.07) is 40.7. The van der Waals surface area contributed by atoms with Gasteiger partial charge in [0.25, 0.3) is 0 Å². The van der Waals surface area contributed by atoms with E-state index in [9.17, 15) is 46.0 Å². The van der Waals surface area contributed by atoms with Gasteiger partial charge in [0.15, 0.2) is 0 Å². The number of ether oxygens (including phenoxy) is 3. The van der Waals surface area contributed by atoms with Gasteiger partial charge in [-0.3, -0.25) is 0 Å². The molecule has 0 unspecified atom stereocenters. The van der Waals surface area contributed by atoms with Gasteiger partial charge in [-0.1, -0.05) is 54.6 Å². The molecule has 3 aliphatic heterocycles. The van der Waals surface area contributed by atoms with Gasteiger partial charge in [-0.05, 0) is 129 Å². The lowest BCUT2D eigenvalue weighted by molar-refractivity contribution is 0.220. The molecule has 0 radical (unpaired) electrons. The Kier molecular flexibility index (Phi) is 9.96. The number of benzene rings is 8. The Morgan fingerprint density at radius 3 is 1.21 bits per heavy atom. The van der Waals surface area contributed by atoms with Crippen LogP contribution in [0.3, 0.4) is 0 Å². The molecule has 0 aliphatic carbocycles. The molecule has 3 heterocycles. The topological polar surface area (TPSA) is 210 Å². The summed E-state index contributed by atoms with van der Waals surface area (Å²) in [6.07, 6.45) is 1.69. The Hall–Kier alpha value is -8.90. The minimum atomic E-state index is -0.718. The third-order valence-corrected chi connectivity index (χ3v) is 13.0. The van der Waals surface area contributed by atoms with E-state index < -0.39 is 36.1 Å². The fourth-order valence-corrected chi connectivity index (χ4v) is 10.2. The molecule has 0 saturated carbocycles. The Labute approximate surface area is 389 Å². The van der Waals surface area contributed by atoms with E-state index in [0.29, 0.717) is 56.2 Å². The van der Waals surface area contributed by atoms with Crippen molar-refractivity contribution in [3.63, 3.8) is 0 Å². The highest BCUT2D eigenvalue weighted by atomic mass is 16.5. The summed E-state index contributed by atoms with van der Waals surface area (Å²) < 4.78 is 20.0. The minimum absolute atomic E-state index is 0.0494. The van der Waals surface area contributed by atoms with Crippen LogP contribution in [0.4, 0.5) is 0 Å². The standard InChI is InChI=1S/C56H42O12/c57-35-10-4-29(5-11-35)54-50(33-19-38(60)23-39(61)20-33)49-32(18-42(64)26-47(49)67-54)3-1-28-2-16-46-44(17-28)52(56(66-46)31-8-14-37(59)15-9-31)45-25-43(65)27-48-53(45)51(34-21-40(62)24-41(63)22-34)55(68-48)30-6-12-36(58)13-7-30/h1-27,50-52,54-65H/b3-1+/t50-,51+,52-,54+,55-,56-/m1/s1. The molecule has 11 rings (SSSR count). The molecule has 68 heavy (non-hydrogen) atoms. The highest BCUT2D eigenvalue weighted by molar-refractivity contribution is 5.76. The number of hydrogen-bond acceptors (Lipinski definition) is 12. The lowest BCUT2D eigenvalue weighted by Gasteiger charge is -2.26. The van der Waals surface area contributed by atoms with Gasteiger partial charge in [0.1, 0.15) is 87.3 Å². The van der Waals surface area contributed by atoms with Crippen molar-refractivity contribution in [3.8, 4) is 69.0 Å². The van der Waals surface area contributed by atoms with Gasteiger partial charge in [0.2, 0.25) is 0 Å².